The van der Waals surface area contributed by atoms with Gasteiger partial charge in [0.1, 0.15) is 5.15 Å². The number of nitrogens with one attached hydrogen (secondary N) is 2. The van der Waals surface area contributed by atoms with Crippen molar-refractivity contribution in [1.82, 2.24) is 4.98 Å². The third-order valence-corrected chi connectivity index (χ3v) is 4.03. The van der Waals surface area contributed by atoms with Crippen LogP contribution < -0.4 is 10.6 Å². The highest BCUT2D eigenvalue weighted by atomic mass is 35.5. The third kappa shape index (κ3) is 4.39. The van der Waals surface area contributed by atoms with Crippen molar-refractivity contribution in [1.29, 1.82) is 0 Å². The molecule has 1 heterocycles. The first-order chi connectivity index (χ1) is 12.5. The summed E-state index contributed by atoms with van der Waals surface area (Å²) in [5.74, 6) is -0.634. The molecule has 2 amide bonds. The van der Waals surface area contributed by atoms with Gasteiger partial charge in [-0.3, -0.25) is 9.59 Å². The van der Waals surface area contributed by atoms with Crippen molar-refractivity contribution < 1.29 is 9.59 Å². The van der Waals surface area contributed by atoms with E-state index >= 15 is 0 Å². The number of amides is 2. The van der Waals surface area contributed by atoms with E-state index in [0.29, 0.717) is 22.0 Å². The summed E-state index contributed by atoms with van der Waals surface area (Å²) in [4.78, 5) is 28.3. The fourth-order valence-corrected chi connectivity index (χ4v) is 2.62. The summed E-state index contributed by atoms with van der Waals surface area (Å²) in [6, 6.07) is 16.6. The number of pyridine rings is 1. The molecule has 26 heavy (non-hydrogen) atoms. The smallest absolute Gasteiger partial charge is 0.258 e. The van der Waals surface area contributed by atoms with Crippen LogP contribution in [0.4, 0.5) is 11.4 Å². The molecule has 0 fully saturated rings. The standard InChI is InChI=1S/C19H13Cl2N3O2/c20-13-4-1-3-12(11-13)18(25)23-14-6-8-15(9-7-14)24-19(26)16-5-2-10-22-17(16)21/h1-11H,(H,23,25)(H,24,26). The van der Waals surface area contributed by atoms with Crippen LogP contribution in [0.1, 0.15) is 20.7 Å². The summed E-state index contributed by atoms with van der Waals surface area (Å²) in [5, 5.41) is 6.12. The average Bonchev–Trinajstić information content (AvgIpc) is 2.63. The van der Waals surface area contributed by atoms with Crippen molar-refractivity contribution in [3.63, 3.8) is 0 Å². The topological polar surface area (TPSA) is 71.1 Å². The largest absolute Gasteiger partial charge is 0.322 e. The van der Waals surface area contributed by atoms with Crippen LogP contribution >= 0.6 is 23.2 Å². The van der Waals surface area contributed by atoms with E-state index in [0.717, 1.165) is 0 Å². The Bertz CT molecular complexity index is 959. The molecule has 130 valence electrons. The second-order valence-corrected chi connectivity index (χ2v) is 6.13. The first-order valence-electron chi connectivity index (χ1n) is 7.62. The third-order valence-electron chi connectivity index (χ3n) is 3.49. The molecule has 0 aliphatic heterocycles. The first-order valence-corrected chi connectivity index (χ1v) is 8.37. The highest BCUT2D eigenvalue weighted by molar-refractivity contribution is 6.33. The van der Waals surface area contributed by atoms with Gasteiger partial charge >= 0.3 is 0 Å². The Morgan fingerprint density at radius 1 is 0.808 bits per heavy atom. The fraction of sp³-hybridized carbons (Fsp3) is 0. The highest BCUT2D eigenvalue weighted by Gasteiger charge is 2.11. The van der Waals surface area contributed by atoms with E-state index in [9.17, 15) is 9.59 Å². The molecule has 0 atom stereocenters. The lowest BCUT2D eigenvalue weighted by Crippen LogP contribution is -2.13. The van der Waals surface area contributed by atoms with Gasteiger partial charge in [0.2, 0.25) is 0 Å². The molecule has 2 aromatic carbocycles. The average molecular weight is 386 g/mol. The zero-order valence-corrected chi connectivity index (χ0v) is 14.9. The summed E-state index contributed by atoms with van der Waals surface area (Å²) < 4.78 is 0. The van der Waals surface area contributed by atoms with Gasteiger partial charge in [-0.15, -0.1) is 0 Å². The van der Waals surface area contributed by atoms with Gasteiger partial charge in [-0.25, -0.2) is 4.98 Å². The van der Waals surface area contributed by atoms with Crippen LogP contribution in [0.3, 0.4) is 0 Å². The van der Waals surface area contributed by atoms with Gasteiger partial charge in [0.05, 0.1) is 5.56 Å². The predicted octanol–water partition coefficient (Wildman–Crippen LogP) is 4.89. The van der Waals surface area contributed by atoms with E-state index in [2.05, 4.69) is 15.6 Å². The molecule has 0 radical (unpaired) electrons. The molecule has 1 aromatic heterocycles. The van der Waals surface area contributed by atoms with E-state index in [4.69, 9.17) is 23.2 Å². The van der Waals surface area contributed by atoms with Crippen molar-refractivity contribution in [2.24, 2.45) is 0 Å². The zero-order chi connectivity index (χ0) is 18.5. The number of hydrogen-bond acceptors (Lipinski definition) is 3. The maximum absolute atomic E-state index is 12.2. The van der Waals surface area contributed by atoms with E-state index in [1.807, 2.05) is 0 Å². The number of rotatable bonds is 4. The molecule has 0 saturated carbocycles. The van der Waals surface area contributed by atoms with Gasteiger partial charge < -0.3 is 10.6 Å². The van der Waals surface area contributed by atoms with Crippen LogP contribution in [-0.2, 0) is 0 Å². The van der Waals surface area contributed by atoms with E-state index < -0.39 is 0 Å². The minimum atomic E-state index is -0.362. The number of nitrogens with zero attached hydrogens (tertiary/aromatic N) is 1. The monoisotopic (exact) mass is 385 g/mol. The van der Waals surface area contributed by atoms with Crippen LogP contribution in [0.2, 0.25) is 10.2 Å². The molecule has 0 unspecified atom stereocenters. The number of carbonyl (C=O) groups excluding carboxylic acids is 2. The molecule has 3 rings (SSSR count). The molecule has 3 aromatic rings. The van der Waals surface area contributed by atoms with Gasteiger partial charge in [0.15, 0.2) is 0 Å². The summed E-state index contributed by atoms with van der Waals surface area (Å²) in [7, 11) is 0. The Balaban J connectivity index is 1.66. The number of aromatic nitrogens is 1. The zero-order valence-electron chi connectivity index (χ0n) is 13.4. The van der Waals surface area contributed by atoms with Gasteiger partial charge in [-0.1, -0.05) is 29.3 Å². The summed E-state index contributed by atoms with van der Waals surface area (Å²) >= 11 is 11.8. The molecule has 7 heteroatoms. The lowest BCUT2D eigenvalue weighted by Gasteiger charge is -2.09. The Kier molecular flexibility index (Phi) is 5.51. The number of carbonyl (C=O) groups is 2. The number of halogens is 2. The van der Waals surface area contributed by atoms with Crippen LogP contribution in [0.5, 0.6) is 0 Å². The molecule has 2 N–H and O–H groups in total. The normalized spacial score (nSPS) is 10.2. The first kappa shape index (κ1) is 17.9. The summed E-state index contributed by atoms with van der Waals surface area (Å²) in [6.45, 7) is 0. The number of hydrogen-bond donors (Lipinski definition) is 2. The fourth-order valence-electron chi connectivity index (χ4n) is 2.22. The Morgan fingerprint density at radius 3 is 2.08 bits per heavy atom. The molecule has 0 aliphatic carbocycles. The molecule has 5 nitrogen and oxygen atoms in total. The molecule has 0 bridgehead atoms. The minimum absolute atomic E-state index is 0.135. The Labute approximate surface area is 160 Å². The Hall–Kier alpha value is -2.89. The van der Waals surface area contributed by atoms with Crippen LogP contribution in [0.25, 0.3) is 0 Å². The summed E-state index contributed by atoms with van der Waals surface area (Å²) in [5.41, 5.74) is 1.90. The molecular weight excluding hydrogens is 373 g/mol. The number of anilines is 2. The quantitative estimate of drug-likeness (QED) is 0.627. The van der Waals surface area contributed by atoms with Crippen LogP contribution in [0.15, 0.2) is 66.9 Å². The minimum Gasteiger partial charge on any atom is -0.322 e. The summed E-state index contributed by atoms with van der Waals surface area (Å²) in [6.07, 6.45) is 1.51. The molecule has 0 spiro atoms. The van der Waals surface area contributed by atoms with Crippen molar-refractivity contribution in [3.8, 4) is 0 Å². The van der Waals surface area contributed by atoms with E-state index in [-0.39, 0.29) is 22.5 Å². The van der Waals surface area contributed by atoms with Gasteiger partial charge in [-0.2, -0.15) is 0 Å². The SMILES string of the molecule is O=C(Nc1ccc(NC(=O)c2cccnc2Cl)cc1)c1cccc(Cl)c1. The van der Waals surface area contributed by atoms with Gasteiger partial charge in [0, 0.05) is 28.2 Å². The van der Waals surface area contributed by atoms with Gasteiger partial charge in [-0.05, 0) is 54.6 Å². The van der Waals surface area contributed by atoms with Crippen LogP contribution in [-0.4, -0.2) is 16.8 Å². The van der Waals surface area contributed by atoms with E-state index in [1.54, 1.807) is 60.7 Å². The highest BCUT2D eigenvalue weighted by Crippen LogP contribution is 2.18. The lowest BCUT2D eigenvalue weighted by atomic mass is 10.2. The molecule has 0 saturated heterocycles. The van der Waals surface area contributed by atoms with Gasteiger partial charge in [0.25, 0.3) is 11.8 Å². The maximum Gasteiger partial charge on any atom is 0.258 e. The Morgan fingerprint density at radius 2 is 1.46 bits per heavy atom. The number of benzene rings is 2. The predicted molar refractivity (Wildman–Crippen MR) is 103 cm³/mol. The second kappa shape index (κ2) is 7.99. The van der Waals surface area contributed by atoms with Crippen molar-refractivity contribution in [3.05, 3.63) is 88.2 Å². The van der Waals surface area contributed by atoms with Crippen molar-refractivity contribution in [2.45, 2.75) is 0 Å². The second-order valence-electron chi connectivity index (χ2n) is 5.34. The lowest BCUT2D eigenvalue weighted by molar-refractivity contribution is 0.101. The molecule has 0 aliphatic rings. The van der Waals surface area contributed by atoms with Crippen LogP contribution in [0, 0.1) is 0 Å². The van der Waals surface area contributed by atoms with Crippen molar-refractivity contribution in [2.75, 3.05) is 10.6 Å². The van der Waals surface area contributed by atoms with E-state index in [1.165, 1.54) is 6.20 Å². The van der Waals surface area contributed by atoms with Crippen molar-refractivity contribution >= 4 is 46.4 Å². The molecular formula is C19H13Cl2N3O2. The maximum atomic E-state index is 12.2.